The quantitative estimate of drug-likeness (QED) is 0.240. The standard InChI is InChI=1S/C23H17BrClN3O5/c1-33-16-10-11-17(19(25)13-16)22(29)27-21(12-14-6-8-15(9-7-14)28(31)32)23(30)26-20-5-3-2-4-18(20)24/h2-13H,1H3,(H,26,30)(H,27,29). The van der Waals surface area contributed by atoms with Crippen LogP contribution in [-0.4, -0.2) is 23.8 Å². The lowest BCUT2D eigenvalue weighted by Gasteiger charge is -2.13. The predicted octanol–water partition coefficient (Wildman–Crippen LogP) is 5.43. The van der Waals surface area contributed by atoms with Gasteiger partial charge in [-0.15, -0.1) is 0 Å². The molecule has 0 aliphatic heterocycles. The van der Waals surface area contributed by atoms with Gasteiger partial charge in [0.15, 0.2) is 0 Å². The maximum Gasteiger partial charge on any atom is 0.272 e. The fourth-order valence-corrected chi connectivity index (χ4v) is 3.41. The Kier molecular flexibility index (Phi) is 7.81. The van der Waals surface area contributed by atoms with Gasteiger partial charge in [-0.2, -0.15) is 0 Å². The van der Waals surface area contributed by atoms with Crippen LogP contribution in [0, 0.1) is 10.1 Å². The second-order valence-electron chi connectivity index (χ2n) is 6.64. The van der Waals surface area contributed by atoms with E-state index in [9.17, 15) is 19.7 Å². The van der Waals surface area contributed by atoms with Crippen molar-refractivity contribution in [3.8, 4) is 5.75 Å². The van der Waals surface area contributed by atoms with Crippen LogP contribution >= 0.6 is 27.5 Å². The van der Waals surface area contributed by atoms with Crippen molar-refractivity contribution in [3.63, 3.8) is 0 Å². The van der Waals surface area contributed by atoms with Gasteiger partial charge >= 0.3 is 0 Å². The number of para-hydroxylation sites is 1. The zero-order chi connectivity index (χ0) is 24.0. The number of nitrogens with zero attached hydrogens (tertiary/aromatic N) is 1. The molecule has 0 bridgehead atoms. The molecule has 2 amide bonds. The number of nitro benzene ring substituents is 1. The van der Waals surface area contributed by atoms with E-state index in [0.717, 1.165) is 0 Å². The summed E-state index contributed by atoms with van der Waals surface area (Å²) in [6.45, 7) is 0. The Balaban J connectivity index is 1.93. The molecule has 0 aromatic heterocycles. The van der Waals surface area contributed by atoms with Crippen molar-refractivity contribution in [1.29, 1.82) is 0 Å². The molecule has 0 aliphatic carbocycles. The first-order chi connectivity index (χ1) is 15.8. The highest BCUT2D eigenvalue weighted by atomic mass is 79.9. The fraction of sp³-hybridized carbons (Fsp3) is 0.0435. The zero-order valence-corrected chi connectivity index (χ0v) is 19.5. The Hall–Kier alpha value is -3.69. The number of carbonyl (C=O) groups is 2. The van der Waals surface area contributed by atoms with Gasteiger partial charge in [-0.25, -0.2) is 0 Å². The Morgan fingerprint density at radius 1 is 1.09 bits per heavy atom. The maximum absolute atomic E-state index is 13.0. The highest BCUT2D eigenvalue weighted by molar-refractivity contribution is 9.10. The first-order valence-electron chi connectivity index (χ1n) is 9.45. The summed E-state index contributed by atoms with van der Waals surface area (Å²) in [6, 6.07) is 17.1. The minimum Gasteiger partial charge on any atom is -0.497 e. The highest BCUT2D eigenvalue weighted by Crippen LogP contribution is 2.24. The van der Waals surface area contributed by atoms with Crippen molar-refractivity contribution in [2.75, 3.05) is 12.4 Å². The molecule has 3 aromatic carbocycles. The molecule has 0 aliphatic rings. The van der Waals surface area contributed by atoms with Gasteiger partial charge in [0.25, 0.3) is 17.5 Å². The number of carbonyl (C=O) groups excluding carboxylic acids is 2. The molecule has 0 saturated heterocycles. The van der Waals surface area contributed by atoms with Crippen LogP contribution in [0.2, 0.25) is 5.02 Å². The molecular formula is C23H17BrClN3O5. The zero-order valence-electron chi connectivity index (χ0n) is 17.2. The SMILES string of the molecule is COc1ccc(C(=O)NC(=Cc2ccc([N+](=O)[O-])cc2)C(=O)Nc2ccccc2Br)c(Cl)c1. The molecule has 0 heterocycles. The van der Waals surface area contributed by atoms with Gasteiger partial charge in [0.05, 0.1) is 28.3 Å². The number of nitrogens with one attached hydrogen (secondary N) is 2. The van der Waals surface area contributed by atoms with Crippen LogP contribution in [-0.2, 0) is 4.79 Å². The summed E-state index contributed by atoms with van der Waals surface area (Å²) >= 11 is 9.55. The third-order valence-corrected chi connectivity index (χ3v) is 5.45. The molecule has 0 radical (unpaired) electrons. The largest absolute Gasteiger partial charge is 0.497 e. The summed E-state index contributed by atoms with van der Waals surface area (Å²) < 4.78 is 5.74. The van der Waals surface area contributed by atoms with Crippen molar-refractivity contribution in [2.24, 2.45) is 0 Å². The molecule has 0 atom stereocenters. The van der Waals surface area contributed by atoms with E-state index in [0.29, 0.717) is 21.5 Å². The summed E-state index contributed by atoms with van der Waals surface area (Å²) in [7, 11) is 1.47. The summed E-state index contributed by atoms with van der Waals surface area (Å²) in [4.78, 5) is 36.3. The second-order valence-corrected chi connectivity index (χ2v) is 7.90. The van der Waals surface area contributed by atoms with Crippen LogP contribution in [0.5, 0.6) is 5.75 Å². The molecule has 3 aromatic rings. The van der Waals surface area contributed by atoms with E-state index in [2.05, 4.69) is 26.6 Å². The van der Waals surface area contributed by atoms with Gasteiger partial charge in [0.2, 0.25) is 0 Å². The van der Waals surface area contributed by atoms with Crippen molar-refractivity contribution in [3.05, 3.63) is 103 Å². The minimum atomic E-state index is -0.613. The summed E-state index contributed by atoms with van der Waals surface area (Å²) in [5.74, 6) is -0.735. The fourth-order valence-electron chi connectivity index (χ4n) is 2.77. The van der Waals surface area contributed by atoms with E-state index in [1.807, 2.05) is 0 Å². The summed E-state index contributed by atoms with van der Waals surface area (Å²) in [6.07, 6.45) is 1.41. The van der Waals surface area contributed by atoms with Crippen LogP contribution in [0.3, 0.4) is 0 Å². The van der Waals surface area contributed by atoms with Gasteiger partial charge in [0, 0.05) is 16.6 Å². The van der Waals surface area contributed by atoms with E-state index < -0.39 is 16.7 Å². The number of anilines is 1. The van der Waals surface area contributed by atoms with Crippen LogP contribution in [0.4, 0.5) is 11.4 Å². The van der Waals surface area contributed by atoms with Crippen molar-refractivity contribution in [1.82, 2.24) is 5.32 Å². The number of non-ortho nitro benzene ring substituents is 1. The lowest BCUT2D eigenvalue weighted by Crippen LogP contribution is -2.31. The van der Waals surface area contributed by atoms with Gasteiger partial charge in [0.1, 0.15) is 11.4 Å². The normalized spacial score (nSPS) is 10.9. The van der Waals surface area contributed by atoms with Gasteiger partial charge in [-0.05, 0) is 70.0 Å². The molecule has 3 rings (SSSR count). The van der Waals surface area contributed by atoms with E-state index in [4.69, 9.17) is 16.3 Å². The molecule has 0 unspecified atom stereocenters. The lowest BCUT2D eigenvalue weighted by atomic mass is 10.1. The number of hydrogen-bond acceptors (Lipinski definition) is 5. The number of rotatable bonds is 7. The number of ether oxygens (including phenoxy) is 1. The third kappa shape index (κ3) is 6.18. The van der Waals surface area contributed by atoms with Crippen LogP contribution in [0.15, 0.2) is 76.9 Å². The molecule has 0 fully saturated rings. The number of nitro groups is 1. The molecule has 33 heavy (non-hydrogen) atoms. The number of amides is 2. The number of halogens is 2. The molecule has 168 valence electrons. The highest BCUT2D eigenvalue weighted by Gasteiger charge is 2.18. The van der Waals surface area contributed by atoms with Crippen LogP contribution in [0.1, 0.15) is 15.9 Å². The van der Waals surface area contributed by atoms with E-state index in [1.54, 1.807) is 30.3 Å². The molecule has 2 N–H and O–H groups in total. The minimum absolute atomic E-state index is 0.0866. The smallest absolute Gasteiger partial charge is 0.272 e. The van der Waals surface area contributed by atoms with Gasteiger partial charge < -0.3 is 15.4 Å². The van der Waals surface area contributed by atoms with Gasteiger partial charge in [-0.3, -0.25) is 19.7 Å². The molecule has 8 nitrogen and oxygen atoms in total. The van der Waals surface area contributed by atoms with E-state index in [1.165, 1.54) is 49.6 Å². The lowest BCUT2D eigenvalue weighted by molar-refractivity contribution is -0.384. The average molecular weight is 531 g/mol. The first kappa shape index (κ1) is 24.0. The number of methoxy groups -OCH3 is 1. The molecular weight excluding hydrogens is 514 g/mol. The first-order valence-corrected chi connectivity index (χ1v) is 10.6. The average Bonchev–Trinajstić information content (AvgIpc) is 2.80. The van der Waals surface area contributed by atoms with Crippen LogP contribution in [0.25, 0.3) is 6.08 Å². The summed E-state index contributed by atoms with van der Waals surface area (Å²) in [5.41, 5.74) is 0.922. The van der Waals surface area contributed by atoms with Crippen molar-refractivity contribution < 1.29 is 19.2 Å². The van der Waals surface area contributed by atoms with Crippen molar-refractivity contribution >= 4 is 56.8 Å². The van der Waals surface area contributed by atoms with E-state index in [-0.39, 0.29) is 22.0 Å². The summed E-state index contributed by atoms with van der Waals surface area (Å²) in [5, 5.41) is 16.3. The Morgan fingerprint density at radius 2 is 1.79 bits per heavy atom. The predicted molar refractivity (Wildman–Crippen MR) is 129 cm³/mol. The monoisotopic (exact) mass is 529 g/mol. The number of benzene rings is 3. The van der Waals surface area contributed by atoms with Crippen molar-refractivity contribution in [2.45, 2.75) is 0 Å². The molecule has 0 saturated carbocycles. The van der Waals surface area contributed by atoms with Gasteiger partial charge in [-0.1, -0.05) is 23.7 Å². The third-order valence-electron chi connectivity index (χ3n) is 4.45. The number of hydrogen-bond donors (Lipinski definition) is 2. The Morgan fingerprint density at radius 3 is 2.39 bits per heavy atom. The Labute approximate surface area is 202 Å². The Bertz CT molecular complexity index is 1250. The maximum atomic E-state index is 13.0. The topological polar surface area (TPSA) is 111 Å². The molecule has 10 heteroatoms. The molecule has 0 spiro atoms. The van der Waals surface area contributed by atoms with Crippen LogP contribution < -0.4 is 15.4 Å². The second kappa shape index (κ2) is 10.8. The van der Waals surface area contributed by atoms with E-state index >= 15 is 0 Å².